The minimum Gasteiger partial charge on any atom is -0.337 e. The molecule has 0 spiro atoms. The quantitative estimate of drug-likeness (QED) is 0.495. The van der Waals surface area contributed by atoms with Gasteiger partial charge in [0.05, 0.1) is 4.92 Å². The van der Waals surface area contributed by atoms with Crippen molar-refractivity contribution in [2.24, 2.45) is 0 Å². The van der Waals surface area contributed by atoms with E-state index in [0.717, 1.165) is 11.4 Å². The van der Waals surface area contributed by atoms with Crippen molar-refractivity contribution in [2.75, 3.05) is 0 Å². The predicted molar refractivity (Wildman–Crippen MR) is 62.4 cm³/mol. The lowest BCUT2D eigenvalue weighted by atomic mass is 10.2. The van der Waals surface area contributed by atoms with Crippen LogP contribution in [0.3, 0.4) is 0 Å². The normalized spacial score (nSPS) is 11.4. The van der Waals surface area contributed by atoms with E-state index in [-0.39, 0.29) is 5.69 Å². The van der Waals surface area contributed by atoms with Crippen LogP contribution in [0, 0.1) is 17.0 Å². The van der Waals surface area contributed by atoms with Gasteiger partial charge in [0.1, 0.15) is 0 Å². The van der Waals surface area contributed by atoms with Gasteiger partial charge in [-0.05, 0) is 42.2 Å². The Morgan fingerprint density at radius 2 is 2.13 bits per heavy atom. The van der Waals surface area contributed by atoms with Gasteiger partial charge in [-0.1, -0.05) is 0 Å². The summed E-state index contributed by atoms with van der Waals surface area (Å²) in [6, 6.07) is 4.28. The fraction of sp³-hybridized carbons (Fsp3) is 0.143. The van der Waals surface area contributed by atoms with Crippen LogP contribution in [-0.4, -0.2) is 14.7 Å². The van der Waals surface area contributed by atoms with Crippen molar-refractivity contribution in [3.63, 3.8) is 0 Å². The Bertz CT molecular complexity index is 445. The zero-order valence-corrected chi connectivity index (χ0v) is 10.2. The third-order valence-corrected chi connectivity index (χ3v) is 4.31. The first-order valence-corrected chi connectivity index (χ1v) is 7.93. The highest BCUT2D eigenvalue weighted by atomic mass is 32.9. The molecule has 8 heteroatoms. The minimum atomic E-state index is -3.37. The number of nitro groups is 1. The zero-order chi connectivity index (χ0) is 11.6. The van der Waals surface area contributed by atoms with Crippen molar-refractivity contribution in [2.45, 2.75) is 11.8 Å². The van der Waals surface area contributed by atoms with Crippen molar-refractivity contribution in [3.05, 3.63) is 33.9 Å². The first-order chi connectivity index (χ1) is 6.79. The van der Waals surface area contributed by atoms with Crippen LogP contribution in [0.2, 0.25) is 0 Å². The van der Waals surface area contributed by atoms with Crippen LogP contribution >= 0.6 is 17.1 Å². The Morgan fingerprint density at radius 1 is 1.53 bits per heavy atom. The Hall–Kier alpha value is -0.460. The summed E-state index contributed by atoms with van der Waals surface area (Å²) in [6.45, 7) is 1.58. The van der Waals surface area contributed by atoms with Crippen molar-refractivity contribution >= 4 is 34.6 Å². The summed E-state index contributed by atoms with van der Waals surface area (Å²) in [5, 5.41) is 10.5. The standard InChI is InChI=1S/C7H8NO4PS2/c1-5-4-6(15-13(11,12)14)2-3-7(5)8(9)10/h2-4H,1H3,(H2,11,12,14). The third-order valence-electron chi connectivity index (χ3n) is 1.59. The predicted octanol–water partition coefficient (Wildman–Crippen LogP) is 2.20. The largest absolute Gasteiger partial charge is 0.337 e. The second kappa shape index (κ2) is 4.59. The molecule has 0 unspecified atom stereocenters. The highest BCUT2D eigenvalue weighted by Crippen LogP contribution is 2.55. The molecule has 0 bridgehead atoms. The number of aryl methyl sites for hydroxylation is 1. The molecule has 0 aromatic heterocycles. The number of hydrogen-bond acceptors (Lipinski definition) is 4. The highest BCUT2D eigenvalue weighted by molar-refractivity contribution is 8.67. The summed E-state index contributed by atoms with van der Waals surface area (Å²) in [7, 11) is 0. The van der Waals surface area contributed by atoms with Crippen molar-refractivity contribution < 1.29 is 14.7 Å². The monoisotopic (exact) mass is 265 g/mol. The van der Waals surface area contributed by atoms with Gasteiger partial charge in [0.2, 0.25) is 5.69 Å². The van der Waals surface area contributed by atoms with Gasteiger partial charge in [0.25, 0.3) is 5.69 Å². The van der Waals surface area contributed by atoms with Gasteiger partial charge in [-0.15, -0.1) is 0 Å². The number of rotatable bonds is 3. The third kappa shape index (κ3) is 3.89. The molecule has 1 rings (SSSR count). The van der Waals surface area contributed by atoms with E-state index in [4.69, 9.17) is 9.79 Å². The molecule has 0 heterocycles. The number of nitrogens with zero attached hydrogens (tertiary/aromatic N) is 1. The fourth-order valence-corrected chi connectivity index (χ4v) is 3.60. The van der Waals surface area contributed by atoms with Gasteiger partial charge in [0.15, 0.2) is 0 Å². The van der Waals surface area contributed by atoms with Crippen molar-refractivity contribution in [3.8, 4) is 0 Å². The lowest BCUT2D eigenvalue weighted by Gasteiger charge is -2.06. The molecule has 0 saturated heterocycles. The summed E-state index contributed by atoms with van der Waals surface area (Å²) < 4.78 is 0. The molecule has 1 aromatic rings. The molecular formula is C7H8NO4PS2. The molecule has 2 N–H and O–H groups in total. The van der Waals surface area contributed by atoms with Gasteiger partial charge in [-0.2, -0.15) is 0 Å². The lowest BCUT2D eigenvalue weighted by Crippen LogP contribution is -1.91. The molecule has 1 aromatic carbocycles. The van der Waals surface area contributed by atoms with E-state index in [0.29, 0.717) is 10.5 Å². The summed E-state index contributed by atoms with van der Waals surface area (Å²) in [4.78, 5) is 28.6. The van der Waals surface area contributed by atoms with Gasteiger partial charge < -0.3 is 9.79 Å². The van der Waals surface area contributed by atoms with E-state index in [1.54, 1.807) is 6.92 Å². The lowest BCUT2D eigenvalue weighted by molar-refractivity contribution is -0.385. The van der Waals surface area contributed by atoms with Crippen LogP contribution in [0.4, 0.5) is 5.69 Å². The van der Waals surface area contributed by atoms with Gasteiger partial charge in [-0.3, -0.25) is 10.1 Å². The first-order valence-electron chi connectivity index (χ1n) is 3.80. The van der Waals surface area contributed by atoms with Crippen LogP contribution in [0.5, 0.6) is 0 Å². The average Bonchev–Trinajstić information content (AvgIpc) is 1.99. The molecule has 0 saturated carbocycles. The van der Waals surface area contributed by atoms with Crippen LogP contribution in [-0.2, 0) is 11.8 Å². The maximum atomic E-state index is 10.5. The van der Waals surface area contributed by atoms with Crippen LogP contribution in [0.25, 0.3) is 0 Å². The molecule has 0 aliphatic rings. The number of nitro benzene ring substituents is 1. The highest BCUT2D eigenvalue weighted by Gasteiger charge is 2.14. The van der Waals surface area contributed by atoms with Gasteiger partial charge in [0, 0.05) is 16.5 Å². The van der Waals surface area contributed by atoms with Crippen LogP contribution in [0.1, 0.15) is 5.56 Å². The molecule has 0 atom stereocenters. The summed E-state index contributed by atoms with van der Waals surface area (Å²) in [6.07, 6.45) is 0. The maximum Gasteiger partial charge on any atom is 0.272 e. The topological polar surface area (TPSA) is 83.6 Å². The molecule has 0 amide bonds. The SMILES string of the molecule is Cc1cc(SP(O)(O)=S)ccc1[N+](=O)[O-]. The Morgan fingerprint density at radius 3 is 2.53 bits per heavy atom. The van der Waals surface area contributed by atoms with E-state index in [2.05, 4.69) is 11.8 Å². The molecule has 0 aliphatic heterocycles. The maximum absolute atomic E-state index is 10.5. The van der Waals surface area contributed by atoms with Gasteiger partial charge >= 0.3 is 0 Å². The molecule has 0 fully saturated rings. The minimum absolute atomic E-state index is 0.00327. The van der Waals surface area contributed by atoms with Crippen LogP contribution in [0.15, 0.2) is 23.1 Å². The Balaban J connectivity index is 3.02. The molecule has 0 aliphatic carbocycles. The molecule has 5 nitrogen and oxygen atoms in total. The Kier molecular flexibility index (Phi) is 3.86. The molecule has 82 valence electrons. The molecular weight excluding hydrogens is 257 g/mol. The first kappa shape index (κ1) is 12.6. The zero-order valence-electron chi connectivity index (χ0n) is 7.65. The number of hydrogen-bond donors (Lipinski definition) is 2. The van der Waals surface area contributed by atoms with Crippen LogP contribution < -0.4 is 0 Å². The number of benzene rings is 1. The second-order valence-corrected chi connectivity index (χ2v) is 8.72. The molecule has 15 heavy (non-hydrogen) atoms. The van der Waals surface area contributed by atoms with Crippen molar-refractivity contribution in [1.82, 2.24) is 0 Å². The average molecular weight is 265 g/mol. The van der Waals surface area contributed by atoms with E-state index < -0.39 is 10.6 Å². The van der Waals surface area contributed by atoms with E-state index in [1.165, 1.54) is 18.2 Å². The Labute approximate surface area is 95.2 Å². The summed E-state index contributed by atoms with van der Waals surface area (Å²) in [5.74, 6) is 0. The van der Waals surface area contributed by atoms with Crippen molar-refractivity contribution in [1.29, 1.82) is 0 Å². The summed E-state index contributed by atoms with van der Waals surface area (Å²) >= 11 is 5.20. The van der Waals surface area contributed by atoms with E-state index in [1.807, 2.05) is 0 Å². The van der Waals surface area contributed by atoms with Gasteiger partial charge in [-0.25, -0.2) is 0 Å². The fourth-order valence-electron chi connectivity index (χ4n) is 1.03. The summed E-state index contributed by atoms with van der Waals surface area (Å²) in [5.41, 5.74) is -2.90. The van der Waals surface area contributed by atoms with E-state index in [9.17, 15) is 10.1 Å². The molecule has 0 radical (unpaired) electrons. The van der Waals surface area contributed by atoms with E-state index >= 15 is 0 Å². The second-order valence-electron chi connectivity index (χ2n) is 2.79. The smallest absolute Gasteiger partial charge is 0.272 e.